The van der Waals surface area contributed by atoms with Crippen molar-refractivity contribution in [2.24, 2.45) is 0 Å². The number of nitrogens with zero attached hydrogens (tertiary/aromatic N) is 4. The van der Waals surface area contributed by atoms with Gasteiger partial charge in [-0.25, -0.2) is 0 Å². The zero-order chi connectivity index (χ0) is 17.8. The van der Waals surface area contributed by atoms with Gasteiger partial charge in [0.25, 0.3) is 5.89 Å². The predicted octanol–water partition coefficient (Wildman–Crippen LogP) is 4.27. The maximum absolute atomic E-state index is 5.42. The van der Waals surface area contributed by atoms with Gasteiger partial charge in [-0.1, -0.05) is 23.4 Å². The monoisotopic (exact) mass is 432 g/mol. The van der Waals surface area contributed by atoms with Gasteiger partial charge in [-0.3, -0.25) is 9.80 Å². The van der Waals surface area contributed by atoms with Gasteiger partial charge in [-0.05, 0) is 59.7 Å². The molecule has 7 heteroatoms. The largest absolute Gasteiger partial charge is 0.334 e. The van der Waals surface area contributed by atoms with Gasteiger partial charge < -0.3 is 4.52 Å². The second kappa shape index (κ2) is 8.43. The lowest BCUT2D eigenvalue weighted by molar-refractivity contribution is 0.242. The van der Waals surface area contributed by atoms with E-state index in [1.54, 1.807) is 0 Å². The van der Waals surface area contributed by atoms with Crippen molar-refractivity contribution in [2.45, 2.75) is 19.5 Å². The summed E-state index contributed by atoms with van der Waals surface area (Å²) >= 11 is 5.37. The summed E-state index contributed by atoms with van der Waals surface area (Å²) in [6.07, 6.45) is 1.16. The van der Waals surface area contributed by atoms with E-state index in [4.69, 9.17) is 4.52 Å². The fourth-order valence-electron chi connectivity index (χ4n) is 3.21. The fraction of sp³-hybridized carbons (Fsp3) is 0.368. The zero-order valence-electron chi connectivity index (χ0n) is 14.5. The van der Waals surface area contributed by atoms with E-state index in [0.717, 1.165) is 57.1 Å². The predicted molar refractivity (Wildman–Crippen MR) is 107 cm³/mol. The van der Waals surface area contributed by atoms with Gasteiger partial charge in [0.1, 0.15) is 0 Å². The molecular formula is C19H21BrN4OS. The Balaban J connectivity index is 1.33. The first kappa shape index (κ1) is 17.9. The van der Waals surface area contributed by atoms with Crippen molar-refractivity contribution in [1.82, 2.24) is 19.9 Å². The summed E-state index contributed by atoms with van der Waals surface area (Å²) in [5, 5.41) is 4.16. The fourth-order valence-corrected chi connectivity index (χ4v) is 4.74. The molecule has 0 saturated carbocycles. The normalized spacial score (nSPS) is 16.7. The van der Waals surface area contributed by atoms with E-state index in [1.807, 2.05) is 41.7 Å². The molecule has 136 valence electrons. The summed E-state index contributed by atoms with van der Waals surface area (Å²) in [5.74, 6) is 1.36. The minimum Gasteiger partial charge on any atom is -0.334 e. The number of rotatable bonds is 5. The molecule has 0 atom stereocenters. The lowest BCUT2D eigenvalue weighted by Gasteiger charge is -2.20. The molecule has 0 unspecified atom stereocenters. The molecule has 0 N–H and O–H groups in total. The first-order valence-corrected chi connectivity index (χ1v) is 10.4. The van der Waals surface area contributed by atoms with Crippen LogP contribution in [0.3, 0.4) is 0 Å². The van der Waals surface area contributed by atoms with E-state index < -0.39 is 0 Å². The first-order chi connectivity index (χ1) is 12.8. The van der Waals surface area contributed by atoms with Crippen molar-refractivity contribution in [3.05, 3.63) is 57.0 Å². The van der Waals surface area contributed by atoms with Gasteiger partial charge in [0.2, 0.25) is 0 Å². The van der Waals surface area contributed by atoms with Crippen LogP contribution in [0.5, 0.6) is 0 Å². The summed E-state index contributed by atoms with van der Waals surface area (Å²) in [4.78, 5) is 10.9. The third kappa shape index (κ3) is 4.59. The summed E-state index contributed by atoms with van der Waals surface area (Å²) in [6, 6.07) is 14.3. The van der Waals surface area contributed by atoms with E-state index in [2.05, 4.69) is 48.0 Å². The van der Waals surface area contributed by atoms with Crippen molar-refractivity contribution < 1.29 is 4.52 Å². The molecule has 4 rings (SSSR count). The number of benzene rings is 1. The highest BCUT2D eigenvalue weighted by molar-refractivity contribution is 9.11. The van der Waals surface area contributed by atoms with Crippen LogP contribution in [-0.2, 0) is 13.1 Å². The van der Waals surface area contributed by atoms with Crippen molar-refractivity contribution in [1.29, 1.82) is 0 Å². The molecule has 3 aromatic rings. The molecule has 1 aliphatic rings. The van der Waals surface area contributed by atoms with Crippen molar-refractivity contribution in [3.8, 4) is 11.5 Å². The molecule has 5 nitrogen and oxygen atoms in total. The van der Waals surface area contributed by atoms with Gasteiger partial charge in [0, 0.05) is 30.1 Å². The van der Waals surface area contributed by atoms with Gasteiger partial charge in [-0.2, -0.15) is 4.98 Å². The molecule has 26 heavy (non-hydrogen) atoms. The number of thiophene rings is 1. The van der Waals surface area contributed by atoms with Crippen LogP contribution in [0.2, 0.25) is 0 Å². The molecule has 0 spiro atoms. The van der Waals surface area contributed by atoms with E-state index in [1.165, 1.54) is 8.66 Å². The number of aromatic nitrogens is 2. The van der Waals surface area contributed by atoms with Crippen LogP contribution in [0.4, 0.5) is 0 Å². The van der Waals surface area contributed by atoms with Crippen LogP contribution in [-0.4, -0.2) is 46.1 Å². The molecule has 2 aromatic heterocycles. The highest BCUT2D eigenvalue weighted by Gasteiger charge is 2.18. The summed E-state index contributed by atoms with van der Waals surface area (Å²) in [5.41, 5.74) is 0.968. The molecule has 1 aliphatic heterocycles. The van der Waals surface area contributed by atoms with Gasteiger partial charge in [0.05, 0.1) is 10.3 Å². The Hall–Kier alpha value is -1.54. The Morgan fingerprint density at radius 3 is 2.46 bits per heavy atom. The maximum Gasteiger partial charge on any atom is 0.257 e. The smallest absolute Gasteiger partial charge is 0.257 e. The van der Waals surface area contributed by atoms with Crippen molar-refractivity contribution in [2.75, 3.05) is 26.2 Å². The van der Waals surface area contributed by atoms with Crippen LogP contribution in [0.25, 0.3) is 11.5 Å². The minimum absolute atomic E-state index is 0.598. The second-order valence-electron chi connectivity index (χ2n) is 6.49. The molecule has 1 aromatic carbocycles. The van der Waals surface area contributed by atoms with Crippen molar-refractivity contribution >= 4 is 27.3 Å². The molecule has 1 fully saturated rings. The number of hydrogen-bond donors (Lipinski definition) is 0. The van der Waals surface area contributed by atoms with E-state index in [9.17, 15) is 0 Å². The second-order valence-corrected chi connectivity index (χ2v) is 9.04. The first-order valence-electron chi connectivity index (χ1n) is 8.83. The molecule has 0 amide bonds. The Labute approximate surface area is 165 Å². The standard InChI is InChI=1S/C19H21BrN4OS/c20-17-8-7-16(26-17)13-23-9-4-10-24(12-11-23)14-18-21-19(25-22-18)15-5-2-1-3-6-15/h1-3,5-8H,4,9-14H2. The summed E-state index contributed by atoms with van der Waals surface area (Å²) < 4.78 is 6.63. The van der Waals surface area contributed by atoms with Gasteiger partial charge in [0.15, 0.2) is 5.82 Å². The average Bonchev–Trinajstić information content (AvgIpc) is 3.22. The molecule has 0 bridgehead atoms. The molecule has 1 saturated heterocycles. The Morgan fingerprint density at radius 1 is 0.962 bits per heavy atom. The molecular weight excluding hydrogens is 412 g/mol. The van der Waals surface area contributed by atoms with Gasteiger partial charge in [-0.15, -0.1) is 11.3 Å². The Bertz CT molecular complexity index is 835. The lowest BCUT2D eigenvalue weighted by Crippen LogP contribution is -2.30. The quantitative estimate of drug-likeness (QED) is 0.602. The van der Waals surface area contributed by atoms with Gasteiger partial charge >= 0.3 is 0 Å². The third-order valence-electron chi connectivity index (χ3n) is 4.54. The molecule has 3 heterocycles. The van der Waals surface area contributed by atoms with Crippen LogP contribution in [0.1, 0.15) is 17.1 Å². The van der Waals surface area contributed by atoms with E-state index >= 15 is 0 Å². The third-order valence-corrected chi connectivity index (χ3v) is 6.15. The van der Waals surface area contributed by atoms with E-state index in [-0.39, 0.29) is 0 Å². The van der Waals surface area contributed by atoms with Crippen LogP contribution in [0.15, 0.2) is 50.8 Å². The highest BCUT2D eigenvalue weighted by atomic mass is 79.9. The Morgan fingerprint density at radius 2 is 1.73 bits per heavy atom. The topological polar surface area (TPSA) is 45.4 Å². The number of halogens is 1. The van der Waals surface area contributed by atoms with Crippen LogP contribution in [0, 0.1) is 0 Å². The summed E-state index contributed by atoms with van der Waals surface area (Å²) in [7, 11) is 0. The number of hydrogen-bond acceptors (Lipinski definition) is 6. The molecule has 0 aliphatic carbocycles. The van der Waals surface area contributed by atoms with Crippen LogP contribution >= 0.6 is 27.3 Å². The minimum atomic E-state index is 0.598. The maximum atomic E-state index is 5.42. The van der Waals surface area contributed by atoms with Crippen molar-refractivity contribution in [3.63, 3.8) is 0 Å². The Kier molecular flexibility index (Phi) is 5.79. The lowest BCUT2D eigenvalue weighted by atomic mass is 10.2. The molecule has 0 radical (unpaired) electrons. The zero-order valence-corrected chi connectivity index (χ0v) is 16.9. The average molecular weight is 433 g/mol. The highest BCUT2D eigenvalue weighted by Crippen LogP contribution is 2.24. The van der Waals surface area contributed by atoms with Crippen LogP contribution < -0.4 is 0 Å². The SMILES string of the molecule is Brc1ccc(CN2CCCN(Cc3noc(-c4ccccc4)n3)CC2)s1. The van der Waals surface area contributed by atoms with E-state index in [0.29, 0.717) is 5.89 Å². The summed E-state index contributed by atoms with van der Waals surface area (Å²) in [6.45, 7) is 6.08.